The number of benzene rings is 2. The van der Waals surface area contributed by atoms with Crippen molar-refractivity contribution in [3.05, 3.63) is 60.2 Å². The minimum Gasteiger partial charge on any atom is -0.492 e. The number of para-hydroxylation sites is 2. The van der Waals surface area contributed by atoms with Crippen molar-refractivity contribution in [1.29, 1.82) is 0 Å². The van der Waals surface area contributed by atoms with Gasteiger partial charge in [-0.05, 0) is 56.7 Å². The molecule has 4 rings (SSSR count). The minimum atomic E-state index is -0.0510. The van der Waals surface area contributed by atoms with E-state index in [1.54, 1.807) is 0 Å². The predicted molar refractivity (Wildman–Crippen MR) is 130 cm³/mol. The molecule has 0 N–H and O–H groups in total. The van der Waals surface area contributed by atoms with Crippen LogP contribution in [0.1, 0.15) is 32.3 Å². The van der Waals surface area contributed by atoms with Crippen molar-refractivity contribution in [2.45, 2.75) is 39.2 Å². The molecular weight excluding hydrogens is 398 g/mol. The molecule has 0 aromatic heterocycles. The van der Waals surface area contributed by atoms with E-state index in [0.717, 1.165) is 70.0 Å². The highest BCUT2D eigenvalue weighted by Crippen LogP contribution is 2.29. The van der Waals surface area contributed by atoms with Gasteiger partial charge in [-0.15, -0.1) is 0 Å². The van der Waals surface area contributed by atoms with E-state index in [9.17, 15) is 4.79 Å². The highest BCUT2D eigenvalue weighted by Gasteiger charge is 2.31. The minimum absolute atomic E-state index is 0.0510. The monoisotopic (exact) mass is 435 g/mol. The number of anilines is 1. The molecule has 1 amide bonds. The predicted octanol–water partition coefficient (Wildman–Crippen LogP) is 4.08. The molecule has 0 radical (unpaired) electrons. The lowest BCUT2D eigenvalue weighted by atomic mass is 9.90. The molecule has 2 aliphatic heterocycles. The van der Waals surface area contributed by atoms with E-state index >= 15 is 0 Å². The van der Waals surface area contributed by atoms with Crippen molar-refractivity contribution in [2.24, 2.45) is 5.92 Å². The molecule has 2 heterocycles. The van der Waals surface area contributed by atoms with Crippen molar-refractivity contribution in [3.63, 3.8) is 0 Å². The third-order valence-electron chi connectivity index (χ3n) is 7.02. The van der Waals surface area contributed by atoms with Gasteiger partial charge in [0.2, 0.25) is 5.91 Å². The van der Waals surface area contributed by atoms with Gasteiger partial charge < -0.3 is 14.5 Å². The molecule has 2 aromatic carbocycles. The zero-order valence-corrected chi connectivity index (χ0v) is 19.6. The summed E-state index contributed by atoms with van der Waals surface area (Å²) < 4.78 is 5.81. The number of hydrogen-bond acceptors (Lipinski definition) is 4. The first-order valence-electron chi connectivity index (χ1n) is 12.2. The average Bonchev–Trinajstić information content (AvgIpc) is 2.85. The van der Waals surface area contributed by atoms with Crippen LogP contribution in [-0.4, -0.2) is 67.6 Å². The van der Waals surface area contributed by atoms with Crippen LogP contribution in [0.3, 0.4) is 0 Å². The Kier molecular flexibility index (Phi) is 7.69. The van der Waals surface area contributed by atoms with E-state index in [1.807, 2.05) is 19.1 Å². The molecule has 2 saturated heterocycles. The zero-order valence-electron chi connectivity index (χ0n) is 19.6. The Morgan fingerprint density at radius 1 is 0.938 bits per heavy atom. The van der Waals surface area contributed by atoms with Crippen LogP contribution in [0.25, 0.3) is 0 Å². The van der Waals surface area contributed by atoms with Gasteiger partial charge in [-0.3, -0.25) is 9.69 Å². The van der Waals surface area contributed by atoms with Gasteiger partial charge in [0, 0.05) is 39.3 Å². The molecule has 1 atom stereocenters. The van der Waals surface area contributed by atoms with Crippen molar-refractivity contribution in [1.82, 2.24) is 9.80 Å². The fourth-order valence-electron chi connectivity index (χ4n) is 5.07. The maximum atomic E-state index is 13.2. The second kappa shape index (κ2) is 10.9. The molecule has 0 aliphatic carbocycles. The number of carbonyl (C=O) groups is 1. The Labute approximate surface area is 193 Å². The van der Waals surface area contributed by atoms with E-state index in [0.29, 0.717) is 18.4 Å². The van der Waals surface area contributed by atoms with Crippen LogP contribution >= 0.6 is 0 Å². The van der Waals surface area contributed by atoms with Crippen molar-refractivity contribution in [2.75, 3.05) is 50.8 Å². The molecule has 172 valence electrons. The molecule has 1 unspecified atom stereocenters. The van der Waals surface area contributed by atoms with Gasteiger partial charge in [-0.25, -0.2) is 0 Å². The van der Waals surface area contributed by atoms with Crippen LogP contribution in [0, 0.1) is 5.92 Å². The summed E-state index contributed by atoms with van der Waals surface area (Å²) in [5.41, 5.74) is 2.57. The first-order chi connectivity index (χ1) is 15.7. The Morgan fingerprint density at radius 3 is 2.28 bits per heavy atom. The topological polar surface area (TPSA) is 36.0 Å². The smallest absolute Gasteiger partial charge is 0.239 e. The first kappa shape index (κ1) is 22.7. The number of rotatable bonds is 7. The summed E-state index contributed by atoms with van der Waals surface area (Å²) in [6.45, 7) is 10.2. The molecule has 0 bridgehead atoms. The van der Waals surface area contributed by atoms with Gasteiger partial charge in [0.25, 0.3) is 0 Å². The Balaban J connectivity index is 1.26. The summed E-state index contributed by atoms with van der Waals surface area (Å²) in [6.07, 6.45) is 3.34. The number of ether oxygens (including phenoxy) is 1. The average molecular weight is 436 g/mol. The van der Waals surface area contributed by atoms with Crippen LogP contribution < -0.4 is 9.64 Å². The second-order valence-corrected chi connectivity index (χ2v) is 9.06. The Morgan fingerprint density at radius 2 is 1.59 bits per heavy atom. The molecular formula is C27H37N3O2. The molecule has 32 heavy (non-hydrogen) atoms. The number of piperidine rings is 1. The summed E-state index contributed by atoms with van der Waals surface area (Å²) in [4.78, 5) is 20.0. The standard InChI is InChI=1S/C27H37N3O2/c1-3-32-26-12-8-7-11-25(26)29-19-17-28(18-20-29)22(2)27(31)30-15-13-24(14-16-30)21-23-9-5-4-6-10-23/h4-12,22,24H,3,13-21H2,1-2H3. The van der Waals surface area contributed by atoms with Crippen molar-refractivity contribution < 1.29 is 9.53 Å². The lowest BCUT2D eigenvalue weighted by Crippen LogP contribution is -2.55. The summed E-state index contributed by atoms with van der Waals surface area (Å²) >= 11 is 0. The number of likely N-dealkylation sites (tertiary alicyclic amines) is 1. The third-order valence-corrected chi connectivity index (χ3v) is 7.02. The Hall–Kier alpha value is -2.53. The summed E-state index contributed by atoms with van der Waals surface area (Å²) in [5, 5.41) is 0. The molecule has 0 saturated carbocycles. The Bertz CT molecular complexity index is 856. The van der Waals surface area contributed by atoms with Gasteiger partial charge in [0.1, 0.15) is 5.75 Å². The number of carbonyl (C=O) groups excluding carboxylic acids is 1. The van der Waals surface area contributed by atoms with E-state index in [1.165, 1.54) is 5.56 Å². The highest BCUT2D eigenvalue weighted by atomic mass is 16.5. The number of hydrogen-bond donors (Lipinski definition) is 0. The summed E-state index contributed by atoms with van der Waals surface area (Å²) in [5.74, 6) is 1.93. The highest BCUT2D eigenvalue weighted by molar-refractivity contribution is 5.81. The molecule has 5 heteroatoms. The number of piperazine rings is 1. The summed E-state index contributed by atoms with van der Waals surface area (Å²) in [6, 6.07) is 18.9. The number of nitrogens with zero attached hydrogens (tertiary/aromatic N) is 3. The zero-order chi connectivity index (χ0) is 22.3. The number of amides is 1. The van der Waals surface area contributed by atoms with E-state index in [4.69, 9.17) is 4.74 Å². The van der Waals surface area contributed by atoms with Crippen LogP contribution in [0.4, 0.5) is 5.69 Å². The maximum absolute atomic E-state index is 13.2. The van der Waals surface area contributed by atoms with E-state index in [-0.39, 0.29) is 6.04 Å². The first-order valence-corrected chi connectivity index (χ1v) is 12.2. The van der Waals surface area contributed by atoms with Gasteiger partial charge >= 0.3 is 0 Å². The van der Waals surface area contributed by atoms with Gasteiger partial charge in [-0.1, -0.05) is 42.5 Å². The normalized spacial score (nSPS) is 19.1. The molecule has 0 spiro atoms. The van der Waals surface area contributed by atoms with E-state index < -0.39 is 0 Å². The van der Waals surface area contributed by atoms with Crippen LogP contribution in [0.2, 0.25) is 0 Å². The van der Waals surface area contributed by atoms with Gasteiger partial charge in [-0.2, -0.15) is 0 Å². The molecule has 2 fully saturated rings. The SMILES string of the molecule is CCOc1ccccc1N1CCN(C(C)C(=O)N2CCC(Cc3ccccc3)CC2)CC1. The van der Waals surface area contributed by atoms with E-state index in [2.05, 4.69) is 64.1 Å². The van der Waals surface area contributed by atoms with Crippen molar-refractivity contribution >= 4 is 11.6 Å². The van der Waals surface area contributed by atoms with Crippen LogP contribution in [0.15, 0.2) is 54.6 Å². The lowest BCUT2D eigenvalue weighted by molar-refractivity contribution is -0.138. The third kappa shape index (κ3) is 5.44. The fourth-order valence-corrected chi connectivity index (χ4v) is 5.07. The largest absolute Gasteiger partial charge is 0.492 e. The van der Waals surface area contributed by atoms with Gasteiger partial charge in [0.15, 0.2) is 0 Å². The quantitative estimate of drug-likeness (QED) is 0.657. The second-order valence-electron chi connectivity index (χ2n) is 9.06. The molecule has 2 aromatic rings. The van der Waals surface area contributed by atoms with Gasteiger partial charge in [0.05, 0.1) is 18.3 Å². The molecule has 2 aliphatic rings. The summed E-state index contributed by atoms with van der Waals surface area (Å²) in [7, 11) is 0. The van der Waals surface area contributed by atoms with Crippen molar-refractivity contribution in [3.8, 4) is 5.75 Å². The van der Waals surface area contributed by atoms with Crippen LogP contribution in [0.5, 0.6) is 5.75 Å². The lowest BCUT2D eigenvalue weighted by Gasteiger charge is -2.41. The molecule has 5 nitrogen and oxygen atoms in total. The fraction of sp³-hybridized carbons (Fsp3) is 0.519. The van der Waals surface area contributed by atoms with Crippen LogP contribution in [-0.2, 0) is 11.2 Å². The maximum Gasteiger partial charge on any atom is 0.239 e.